The molecule has 1 saturated carbocycles. The highest BCUT2D eigenvalue weighted by molar-refractivity contribution is 7.89. The van der Waals surface area contributed by atoms with E-state index in [1.165, 1.54) is 39.9 Å². The number of thiazole rings is 1. The van der Waals surface area contributed by atoms with Gasteiger partial charge in [-0.3, -0.25) is 4.79 Å². The first-order valence-corrected chi connectivity index (χ1v) is 12.4. The molecule has 0 radical (unpaired) electrons. The number of ether oxygens (including phenoxy) is 1. The average Bonchev–Trinajstić information content (AvgIpc) is 3.41. The molecular formula is C22H25N3O4S2. The molecule has 4 rings (SSSR count). The molecule has 0 spiro atoms. The van der Waals surface area contributed by atoms with E-state index >= 15 is 0 Å². The Labute approximate surface area is 185 Å². The molecule has 1 heterocycles. The Morgan fingerprint density at radius 2 is 1.84 bits per heavy atom. The molecule has 31 heavy (non-hydrogen) atoms. The molecule has 1 aliphatic carbocycles. The minimum absolute atomic E-state index is 0.0490. The lowest BCUT2D eigenvalue weighted by Gasteiger charge is -2.23. The van der Waals surface area contributed by atoms with E-state index < -0.39 is 15.9 Å². The van der Waals surface area contributed by atoms with E-state index in [-0.39, 0.29) is 10.9 Å². The predicted molar refractivity (Wildman–Crippen MR) is 121 cm³/mol. The fourth-order valence-corrected chi connectivity index (χ4v) is 6.36. The number of benzene rings is 2. The van der Waals surface area contributed by atoms with E-state index in [2.05, 4.69) is 4.99 Å². The van der Waals surface area contributed by atoms with Crippen molar-refractivity contribution in [3.05, 3.63) is 52.8 Å². The van der Waals surface area contributed by atoms with E-state index in [9.17, 15) is 13.2 Å². The molecule has 1 amide bonds. The van der Waals surface area contributed by atoms with Crippen molar-refractivity contribution in [3.8, 4) is 5.75 Å². The van der Waals surface area contributed by atoms with Gasteiger partial charge in [0, 0.05) is 25.7 Å². The fourth-order valence-electron chi connectivity index (χ4n) is 3.90. The summed E-state index contributed by atoms with van der Waals surface area (Å²) < 4.78 is 35.3. The molecule has 9 heteroatoms. The lowest BCUT2D eigenvalue weighted by atomic mass is 10.2. The van der Waals surface area contributed by atoms with E-state index in [1.807, 2.05) is 29.8 Å². The molecule has 164 valence electrons. The van der Waals surface area contributed by atoms with Crippen molar-refractivity contribution in [1.29, 1.82) is 0 Å². The normalized spacial score (nSPS) is 15.8. The Balaban J connectivity index is 1.60. The number of amides is 1. The van der Waals surface area contributed by atoms with Crippen LogP contribution in [0.3, 0.4) is 0 Å². The molecule has 1 aliphatic rings. The average molecular weight is 460 g/mol. The van der Waals surface area contributed by atoms with Gasteiger partial charge in [-0.1, -0.05) is 24.2 Å². The Morgan fingerprint density at radius 3 is 2.48 bits per heavy atom. The van der Waals surface area contributed by atoms with Crippen molar-refractivity contribution >= 4 is 37.5 Å². The number of rotatable bonds is 5. The summed E-state index contributed by atoms with van der Waals surface area (Å²) in [6, 6.07) is 11.8. The molecule has 0 atom stereocenters. The van der Waals surface area contributed by atoms with Crippen molar-refractivity contribution in [3.63, 3.8) is 0 Å². The quantitative estimate of drug-likeness (QED) is 0.584. The Morgan fingerprint density at radius 1 is 1.16 bits per heavy atom. The maximum atomic E-state index is 12.9. The lowest BCUT2D eigenvalue weighted by molar-refractivity contribution is 0.0998. The summed E-state index contributed by atoms with van der Waals surface area (Å²) in [7, 11) is 1.52. The second-order valence-electron chi connectivity index (χ2n) is 7.68. The molecule has 0 aliphatic heterocycles. The zero-order valence-corrected chi connectivity index (χ0v) is 19.4. The van der Waals surface area contributed by atoms with Gasteiger partial charge in [0.2, 0.25) is 10.0 Å². The van der Waals surface area contributed by atoms with Gasteiger partial charge in [-0.05, 0) is 55.3 Å². The van der Waals surface area contributed by atoms with Crippen molar-refractivity contribution in [2.75, 3.05) is 14.2 Å². The largest absolute Gasteiger partial charge is 0.497 e. The molecule has 0 unspecified atom stereocenters. The number of carbonyl (C=O) groups is 1. The van der Waals surface area contributed by atoms with Crippen LogP contribution in [0.4, 0.5) is 0 Å². The van der Waals surface area contributed by atoms with Crippen LogP contribution in [0, 0.1) is 0 Å². The van der Waals surface area contributed by atoms with Gasteiger partial charge in [0.05, 0.1) is 22.2 Å². The first-order chi connectivity index (χ1) is 14.8. The number of aromatic nitrogens is 1. The second-order valence-corrected chi connectivity index (χ2v) is 10.7. The molecular weight excluding hydrogens is 434 g/mol. The maximum absolute atomic E-state index is 12.9. The topological polar surface area (TPSA) is 81.0 Å². The zero-order valence-electron chi connectivity index (χ0n) is 17.7. The third-order valence-corrected chi connectivity index (χ3v) is 8.85. The standard InChI is InChI=1S/C22H25N3O4S2/c1-24-19-13-10-17(29-3)14-20(19)30-22(24)23-21(26)15-8-11-18(12-9-15)31(27,28)25(2)16-6-4-5-7-16/h8-14,16H,4-7H2,1-3H3. The summed E-state index contributed by atoms with van der Waals surface area (Å²) in [5, 5.41) is 0. The maximum Gasteiger partial charge on any atom is 0.279 e. The number of fused-ring (bicyclic) bond motifs is 1. The summed E-state index contributed by atoms with van der Waals surface area (Å²) >= 11 is 1.39. The van der Waals surface area contributed by atoms with Crippen LogP contribution in [0.2, 0.25) is 0 Å². The zero-order chi connectivity index (χ0) is 22.2. The van der Waals surface area contributed by atoms with Crippen molar-refractivity contribution in [1.82, 2.24) is 8.87 Å². The van der Waals surface area contributed by atoms with Crippen LogP contribution >= 0.6 is 11.3 Å². The van der Waals surface area contributed by atoms with Crippen LogP contribution in [0.25, 0.3) is 10.2 Å². The van der Waals surface area contributed by atoms with Crippen LogP contribution in [-0.4, -0.2) is 43.4 Å². The number of carbonyl (C=O) groups excluding carboxylic acids is 1. The summed E-state index contributed by atoms with van der Waals surface area (Å²) in [5.74, 6) is 0.328. The minimum Gasteiger partial charge on any atom is -0.497 e. The van der Waals surface area contributed by atoms with Crippen molar-refractivity contribution in [2.45, 2.75) is 36.6 Å². The molecule has 0 N–H and O–H groups in total. The first kappa shape index (κ1) is 21.7. The number of methoxy groups -OCH3 is 1. The van der Waals surface area contributed by atoms with Gasteiger partial charge in [0.25, 0.3) is 5.91 Å². The highest BCUT2D eigenvalue weighted by Gasteiger charge is 2.30. The predicted octanol–water partition coefficient (Wildman–Crippen LogP) is 3.55. The number of aryl methyl sites for hydroxylation is 1. The third kappa shape index (κ3) is 4.17. The fraction of sp³-hybridized carbons (Fsp3) is 0.364. The third-order valence-electron chi connectivity index (χ3n) is 5.83. The molecule has 2 aromatic carbocycles. The van der Waals surface area contributed by atoms with E-state index in [1.54, 1.807) is 14.2 Å². The van der Waals surface area contributed by atoms with Crippen molar-refractivity contribution < 1.29 is 17.9 Å². The SMILES string of the molecule is COc1ccc2c(c1)sc(=NC(=O)c1ccc(S(=O)(=O)N(C)C3CCCC3)cc1)n2C. The molecule has 0 bridgehead atoms. The van der Waals surface area contributed by atoms with Gasteiger partial charge in [0.15, 0.2) is 4.80 Å². The van der Waals surface area contributed by atoms with Crippen LogP contribution in [-0.2, 0) is 17.1 Å². The summed E-state index contributed by atoms with van der Waals surface area (Å²) in [6.07, 6.45) is 3.90. The molecule has 1 aromatic heterocycles. The van der Waals surface area contributed by atoms with Crippen molar-refractivity contribution in [2.24, 2.45) is 12.0 Å². The van der Waals surface area contributed by atoms with Gasteiger partial charge < -0.3 is 9.30 Å². The van der Waals surface area contributed by atoms with E-state index in [0.717, 1.165) is 41.6 Å². The highest BCUT2D eigenvalue weighted by atomic mass is 32.2. The van der Waals surface area contributed by atoms with Gasteiger partial charge in [-0.15, -0.1) is 0 Å². The second kappa shape index (κ2) is 8.57. The van der Waals surface area contributed by atoms with Crippen LogP contribution in [0.5, 0.6) is 5.75 Å². The van der Waals surface area contributed by atoms with Crippen LogP contribution in [0.1, 0.15) is 36.0 Å². The summed E-state index contributed by atoms with van der Waals surface area (Å²) in [5.41, 5.74) is 1.30. The number of hydrogen-bond acceptors (Lipinski definition) is 5. The van der Waals surface area contributed by atoms with Gasteiger partial charge in [0.1, 0.15) is 5.75 Å². The van der Waals surface area contributed by atoms with Gasteiger partial charge in [-0.25, -0.2) is 8.42 Å². The van der Waals surface area contributed by atoms with Crippen LogP contribution < -0.4 is 9.54 Å². The van der Waals surface area contributed by atoms with Crippen LogP contribution in [0.15, 0.2) is 52.4 Å². The molecule has 1 fully saturated rings. The van der Waals surface area contributed by atoms with E-state index in [4.69, 9.17) is 4.74 Å². The van der Waals surface area contributed by atoms with Gasteiger partial charge in [-0.2, -0.15) is 9.30 Å². The molecule has 0 saturated heterocycles. The monoisotopic (exact) mass is 459 g/mol. The number of sulfonamides is 1. The van der Waals surface area contributed by atoms with Gasteiger partial charge >= 0.3 is 0 Å². The molecule has 3 aromatic rings. The smallest absolute Gasteiger partial charge is 0.279 e. The Bertz CT molecular complexity index is 1280. The lowest BCUT2D eigenvalue weighted by Crippen LogP contribution is -2.35. The number of nitrogens with zero attached hydrogens (tertiary/aromatic N) is 3. The van der Waals surface area contributed by atoms with E-state index in [0.29, 0.717) is 10.4 Å². The number of hydrogen-bond donors (Lipinski definition) is 0. The first-order valence-electron chi connectivity index (χ1n) is 10.1. The minimum atomic E-state index is -3.58. The highest BCUT2D eigenvalue weighted by Crippen LogP contribution is 2.27. The Hall–Kier alpha value is -2.49. The summed E-state index contributed by atoms with van der Waals surface area (Å²) in [6.45, 7) is 0. The Kier molecular flexibility index (Phi) is 6.00. The molecule has 7 nitrogen and oxygen atoms in total. The summed E-state index contributed by atoms with van der Waals surface area (Å²) in [4.78, 5) is 17.7.